The fourth-order valence-corrected chi connectivity index (χ4v) is 1.93. The average molecular weight is 230 g/mol. The molecule has 0 fully saturated rings. The Balaban J connectivity index is 2.22. The van der Waals surface area contributed by atoms with Gasteiger partial charge in [-0.15, -0.1) is 0 Å². The Morgan fingerprint density at radius 3 is 2.62 bits per heavy atom. The van der Waals surface area contributed by atoms with Crippen LogP contribution in [0.3, 0.4) is 0 Å². The predicted molar refractivity (Wildman–Crippen MR) is 59.5 cm³/mol. The van der Waals surface area contributed by atoms with Gasteiger partial charge in [0.1, 0.15) is 16.9 Å². The molecule has 0 amide bonds. The maximum absolute atomic E-state index is 13.3. The number of halogens is 1. The second kappa shape index (κ2) is 4.77. The van der Waals surface area contributed by atoms with Crippen molar-refractivity contribution in [3.05, 3.63) is 54.0 Å². The van der Waals surface area contributed by atoms with E-state index in [9.17, 15) is 4.39 Å². The highest BCUT2D eigenvalue weighted by Gasteiger charge is 2.03. The predicted octanol–water partition coefficient (Wildman–Crippen LogP) is 3.24. The number of hydrogen-bond donors (Lipinski definition) is 0. The normalized spacial score (nSPS) is 9.75. The van der Waals surface area contributed by atoms with Crippen LogP contribution in [0.2, 0.25) is 0 Å². The largest absolute Gasteiger partial charge is 0.248 e. The number of nitrogens with zero attached hydrogens (tertiary/aromatic N) is 2. The summed E-state index contributed by atoms with van der Waals surface area (Å²) in [5.41, 5.74) is 0.498. The van der Waals surface area contributed by atoms with Crippen molar-refractivity contribution in [2.45, 2.75) is 9.92 Å². The van der Waals surface area contributed by atoms with Gasteiger partial charge in [0, 0.05) is 11.1 Å². The van der Waals surface area contributed by atoms with Gasteiger partial charge in [0.25, 0.3) is 0 Å². The minimum atomic E-state index is -0.265. The molecule has 0 aliphatic heterocycles. The molecule has 0 saturated heterocycles. The van der Waals surface area contributed by atoms with E-state index >= 15 is 0 Å². The van der Waals surface area contributed by atoms with Crippen LogP contribution in [0.1, 0.15) is 5.56 Å². The zero-order valence-electron chi connectivity index (χ0n) is 8.22. The van der Waals surface area contributed by atoms with Crippen LogP contribution in [-0.2, 0) is 0 Å². The van der Waals surface area contributed by atoms with Crippen LogP contribution in [0, 0.1) is 17.1 Å². The standard InChI is InChI=1S/C12H7FN2S/c13-10-3-1-2-4-11(10)16-12-6-5-9(7-14)8-15-12/h1-6,8H. The van der Waals surface area contributed by atoms with Crippen molar-refractivity contribution < 1.29 is 4.39 Å². The lowest BCUT2D eigenvalue weighted by atomic mass is 10.3. The van der Waals surface area contributed by atoms with E-state index in [0.29, 0.717) is 15.5 Å². The highest BCUT2D eigenvalue weighted by Crippen LogP contribution is 2.27. The molecule has 78 valence electrons. The third kappa shape index (κ3) is 2.38. The summed E-state index contributed by atoms with van der Waals surface area (Å²) in [6.07, 6.45) is 1.48. The Morgan fingerprint density at radius 2 is 2.00 bits per heavy atom. The Kier molecular flexibility index (Phi) is 3.18. The van der Waals surface area contributed by atoms with Gasteiger partial charge in [-0.2, -0.15) is 5.26 Å². The van der Waals surface area contributed by atoms with Crippen LogP contribution in [-0.4, -0.2) is 4.98 Å². The number of rotatable bonds is 2. The molecule has 2 rings (SSSR count). The quantitative estimate of drug-likeness (QED) is 0.794. The summed E-state index contributed by atoms with van der Waals surface area (Å²) < 4.78 is 13.3. The highest BCUT2D eigenvalue weighted by molar-refractivity contribution is 7.99. The molecule has 0 aliphatic carbocycles. The molecule has 2 nitrogen and oxygen atoms in total. The fraction of sp³-hybridized carbons (Fsp3) is 0. The first-order chi connectivity index (χ1) is 7.79. The van der Waals surface area contributed by atoms with Crippen molar-refractivity contribution in [1.82, 2.24) is 4.98 Å². The second-order valence-electron chi connectivity index (χ2n) is 3.03. The summed E-state index contributed by atoms with van der Waals surface area (Å²) in [5, 5.41) is 9.28. The SMILES string of the molecule is N#Cc1ccc(Sc2ccccc2F)nc1. The van der Waals surface area contributed by atoms with Gasteiger partial charge in [0.2, 0.25) is 0 Å². The van der Waals surface area contributed by atoms with Gasteiger partial charge in [-0.3, -0.25) is 0 Å². The third-order valence-electron chi connectivity index (χ3n) is 1.92. The van der Waals surface area contributed by atoms with Crippen molar-refractivity contribution in [2.75, 3.05) is 0 Å². The Hall–Kier alpha value is -1.86. The van der Waals surface area contributed by atoms with E-state index in [-0.39, 0.29) is 5.82 Å². The van der Waals surface area contributed by atoms with Crippen molar-refractivity contribution >= 4 is 11.8 Å². The zero-order chi connectivity index (χ0) is 11.4. The van der Waals surface area contributed by atoms with Gasteiger partial charge < -0.3 is 0 Å². The van der Waals surface area contributed by atoms with Crippen LogP contribution in [0.5, 0.6) is 0 Å². The maximum Gasteiger partial charge on any atom is 0.137 e. The average Bonchev–Trinajstić information content (AvgIpc) is 2.33. The molecule has 1 aromatic carbocycles. The molecule has 4 heteroatoms. The van der Waals surface area contributed by atoms with Gasteiger partial charge in [-0.05, 0) is 24.3 Å². The third-order valence-corrected chi connectivity index (χ3v) is 2.92. The summed E-state index contributed by atoms with van der Waals surface area (Å²) >= 11 is 1.24. The Bertz CT molecular complexity index is 531. The van der Waals surface area contributed by atoms with Crippen LogP contribution < -0.4 is 0 Å². The Morgan fingerprint density at radius 1 is 1.19 bits per heavy atom. The number of benzene rings is 1. The molecule has 2 aromatic rings. The smallest absolute Gasteiger partial charge is 0.137 e. The van der Waals surface area contributed by atoms with Gasteiger partial charge in [-0.25, -0.2) is 9.37 Å². The van der Waals surface area contributed by atoms with E-state index in [1.54, 1.807) is 30.3 Å². The van der Waals surface area contributed by atoms with Gasteiger partial charge in [-0.1, -0.05) is 23.9 Å². The fourth-order valence-electron chi connectivity index (χ4n) is 1.15. The van der Waals surface area contributed by atoms with Crippen LogP contribution in [0.4, 0.5) is 4.39 Å². The van der Waals surface area contributed by atoms with Gasteiger partial charge in [0.15, 0.2) is 0 Å². The molecule has 0 spiro atoms. The molecule has 0 N–H and O–H groups in total. The number of hydrogen-bond acceptors (Lipinski definition) is 3. The molecule has 16 heavy (non-hydrogen) atoms. The second-order valence-corrected chi connectivity index (χ2v) is 4.09. The van der Waals surface area contributed by atoms with Crippen molar-refractivity contribution in [2.24, 2.45) is 0 Å². The summed E-state index contributed by atoms with van der Waals surface area (Å²) in [5.74, 6) is -0.265. The molecule has 0 atom stereocenters. The maximum atomic E-state index is 13.3. The number of aromatic nitrogens is 1. The Labute approximate surface area is 96.8 Å². The van der Waals surface area contributed by atoms with Crippen LogP contribution in [0.15, 0.2) is 52.5 Å². The molecule has 0 bridgehead atoms. The summed E-state index contributed by atoms with van der Waals surface area (Å²) in [6, 6.07) is 11.9. The molecule has 1 aromatic heterocycles. The molecule has 1 heterocycles. The van der Waals surface area contributed by atoms with Crippen molar-refractivity contribution in [3.8, 4) is 6.07 Å². The molecule has 0 unspecified atom stereocenters. The molecule has 0 saturated carbocycles. The zero-order valence-corrected chi connectivity index (χ0v) is 9.04. The van der Waals surface area contributed by atoms with Gasteiger partial charge >= 0.3 is 0 Å². The van der Waals surface area contributed by atoms with E-state index < -0.39 is 0 Å². The summed E-state index contributed by atoms with van der Waals surface area (Å²) in [4.78, 5) is 4.59. The van der Waals surface area contributed by atoms with E-state index in [4.69, 9.17) is 5.26 Å². The van der Waals surface area contributed by atoms with E-state index in [1.165, 1.54) is 24.0 Å². The highest BCUT2D eigenvalue weighted by atomic mass is 32.2. The first-order valence-electron chi connectivity index (χ1n) is 4.58. The lowest BCUT2D eigenvalue weighted by molar-refractivity contribution is 0.602. The summed E-state index contributed by atoms with van der Waals surface area (Å²) in [7, 11) is 0. The van der Waals surface area contributed by atoms with Crippen LogP contribution >= 0.6 is 11.8 Å². The van der Waals surface area contributed by atoms with E-state index in [2.05, 4.69) is 4.98 Å². The van der Waals surface area contributed by atoms with E-state index in [1.807, 2.05) is 6.07 Å². The van der Waals surface area contributed by atoms with Gasteiger partial charge in [0.05, 0.1) is 5.56 Å². The molecule has 0 aliphatic rings. The first-order valence-corrected chi connectivity index (χ1v) is 5.40. The topological polar surface area (TPSA) is 36.7 Å². The number of pyridine rings is 1. The lowest BCUT2D eigenvalue weighted by Crippen LogP contribution is -1.84. The lowest BCUT2D eigenvalue weighted by Gasteiger charge is -2.01. The number of nitriles is 1. The molecular formula is C12H7FN2S. The van der Waals surface area contributed by atoms with Crippen LogP contribution in [0.25, 0.3) is 0 Å². The minimum Gasteiger partial charge on any atom is -0.248 e. The monoisotopic (exact) mass is 230 g/mol. The molecule has 0 radical (unpaired) electrons. The summed E-state index contributed by atoms with van der Waals surface area (Å²) in [6.45, 7) is 0. The molecular weight excluding hydrogens is 223 g/mol. The first kappa shape index (κ1) is 10.7. The minimum absolute atomic E-state index is 0.265. The van der Waals surface area contributed by atoms with E-state index in [0.717, 1.165) is 0 Å². The van der Waals surface area contributed by atoms with Crippen molar-refractivity contribution in [3.63, 3.8) is 0 Å². The van der Waals surface area contributed by atoms with Crippen molar-refractivity contribution in [1.29, 1.82) is 5.26 Å².